The molecule has 0 aliphatic heterocycles. The predicted molar refractivity (Wildman–Crippen MR) is 97.3 cm³/mol. The maximum Gasteiger partial charge on any atom is 0.434 e. The molecule has 25 heavy (non-hydrogen) atoms. The van der Waals surface area contributed by atoms with Gasteiger partial charge in [0.2, 0.25) is 11.2 Å². The molecule has 126 valence electrons. The topological polar surface area (TPSA) is 74.7 Å². The van der Waals surface area contributed by atoms with E-state index in [4.69, 9.17) is 4.74 Å². The summed E-state index contributed by atoms with van der Waals surface area (Å²) in [4.78, 5) is 15.4. The van der Waals surface area contributed by atoms with E-state index in [-0.39, 0.29) is 29.2 Å². The summed E-state index contributed by atoms with van der Waals surface area (Å²) in [7, 11) is 0. The number of rotatable bonds is 6. The summed E-state index contributed by atoms with van der Waals surface area (Å²) in [6.45, 7) is 5.63. The van der Waals surface area contributed by atoms with Crippen molar-refractivity contribution in [2.24, 2.45) is 0 Å². The number of carbonyl (C=O) groups excluding carboxylic acids is 1. The Kier molecular flexibility index (Phi) is 6.08. The van der Waals surface area contributed by atoms with Crippen LogP contribution in [0.15, 0.2) is 61.2 Å². The minimum absolute atomic E-state index is 0.0193. The molecular weight excluding hydrogens is 316 g/mol. The first kappa shape index (κ1) is 18.0. The summed E-state index contributed by atoms with van der Waals surface area (Å²) in [5.41, 5.74) is 1.81. The molecule has 0 atom stereocenters. The molecule has 2 rings (SSSR count). The molecule has 0 heterocycles. The van der Waals surface area contributed by atoms with Crippen LogP contribution in [0.2, 0.25) is 0 Å². The molecule has 0 amide bonds. The van der Waals surface area contributed by atoms with Crippen LogP contribution in [0.1, 0.15) is 34.0 Å². The van der Waals surface area contributed by atoms with Crippen molar-refractivity contribution in [3.63, 3.8) is 0 Å². The maximum atomic E-state index is 12.1. The lowest BCUT2D eigenvalue weighted by Crippen LogP contribution is -2.08. The predicted octanol–water partition coefficient (Wildman–Crippen LogP) is 4.83. The lowest BCUT2D eigenvalue weighted by atomic mass is 9.98. The highest BCUT2D eigenvalue weighted by atomic mass is 16.5. The fourth-order valence-corrected chi connectivity index (χ4v) is 2.52. The minimum atomic E-state index is -0.554. The number of aliphatic hydroxyl groups is 1. The van der Waals surface area contributed by atoms with Crippen molar-refractivity contribution in [1.82, 2.24) is 0 Å². The van der Waals surface area contributed by atoms with Gasteiger partial charge in [0, 0.05) is 5.56 Å². The largest absolute Gasteiger partial charge is 0.501 e. The first-order valence-electron chi connectivity index (χ1n) is 7.88. The van der Waals surface area contributed by atoms with Crippen LogP contribution in [0.5, 0.6) is 0 Å². The molecule has 0 radical (unpaired) electrons. The SMILES string of the molecule is C=CCc1ccccc1/C([N+]#N)=C(\O)c1ccccc1C(=O)OCC. The van der Waals surface area contributed by atoms with Gasteiger partial charge in [-0.05, 0) is 31.0 Å². The molecule has 0 aliphatic carbocycles. The van der Waals surface area contributed by atoms with Crippen molar-refractivity contribution < 1.29 is 14.6 Å². The van der Waals surface area contributed by atoms with E-state index in [1.54, 1.807) is 49.4 Å². The molecule has 0 aromatic heterocycles. The van der Waals surface area contributed by atoms with Gasteiger partial charge in [0.15, 0.2) is 4.98 Å². The van der Waals surface area contributed by atoms with Crippen LogP contribution < -0.4 is 0 Å². The van der Waals surface area contributed by atoms with Crippen molar-refractivity contribution in [3.8, 4) is 0 Å². The van der Waals surface area contributed by atoms with Gasteiger partial charge in [0.1, 0.15) is 0 Å². The zero-order valence-electron chi connectivity index (χ0n) is 14.0. The van der Waals surface area contributed by atoms with Crippen LogP contribution in [0.25, 0.3) is 16.4 Å². The molecule has 5 heteroatoms. The summed E-state index contributed by atoms with van der Waals surface area (Å²) in [6.07, 6.45) is 2.26. The molecule has 2 aromatic carbocycles. The van der Waals surface area contributed by atoms with Gasteiger partial charge in [0.05, 0.1) is 17.7 Å². The molecule has 0 spiro atoms. The third kappa shape index (κ3) is 3.93. The van der Waals surface area contributed by atoms with Gasteiger partial charge >= 0.3 is 11.7 Å². The maximum absolute atomic E-state index is 12.1. The van der Waals surface area contributed by atoms with E-state index < -0.39 is 5.97 Å². The smallest absolute Gasteiger partial charge is 0.434 e. The van der Waals surface area contributed by atoms with Crippen LogP contribution in [0.3, 0.4) is 0 Å². The molecule has 0 unspecified atom stereocenters. The zero-order valence-corrected chi connectivity index (χ0v) is 14.0. The average molecular weight is 335 g/mol. The third-order valence-corrected chi connectivity index (χ3v) is 3.64. The minimum Gasteiger partial charge on any atom is -0.501 e. The summed E-state index contributed by atoms with van der Waals surface area (Å²) in [5.74, 6) is -0.857. The van der Waals surface area contributed by atoms with E-state index in [1.165, 1.54) is 0 Å². The summed E-state index contributed by atoms with van der Waals surface area (Å²) >= 11 is 0. The molecule has 1 N–H and O–H groups in total. The van der Waals surface area contributed by atoms with E-state index in [1.807, 2.05) is 12.1 Å². The highest BCUT2D eigenvalue weighted by Gasteiger charge is 2.28. The number of hydrogen-bond donors (Lipinski definition) is 1. The number of allylic oxidation sites excluding steroid dienone is 1. The lowest BCUT2D eigenvalue weighted by Gasteiger charge is -2.07. The van der Waals surface area contributed by atoms with Gasteiger partial charge in [-0.1, -0.05) is 42.5 Å². The van der Waals surface area contributed by atoms with E-state index in [9.17, 15) is 15.3 Å². The number of nitrogens with zero attached hydrogens (tertiary/aromatic N) is 2. The molecule has 0 saturated carbocycles. The summed E-state index contributed by atoms with van der Waals surface area (Å²) in [5, 5.41) is 20.2. The second-order valence-corrected chi connectivity index (χ2v) is 5.21. The highest BCUT2D eigenvalue weighted by molar-refractivity contribution is 5.99. The number of carbonyl (C=O) groups is 1. The van der Waals surface area contributed by atoms with Crippen molar-refractivity contribution in [2.75, 3.05) is 6.61 Å². The van der Waals surface area contributed by atoms with E-state index >= 15 is 0 Å². The third-order valence-electron chi connectivity index (χ3n) is 3.64. The van der Waals surface area contributed by atoms with E-state index in [0.717, 1.165) is 5.56 Å². The van der Waals surface area contributed by atoms with Crippen LogP contribution in [-0.4, -0.2) is 17.7 Å². The number of benzene rings is 2. The lowest BCUT2D eigenvalue weighted by molar-refractivity contribution is 0.0525. The van der Waals surface area contributed by atoms with Crippen LogP contribution in [-0.2, 0) is 11.2 Å². The van der Waals surface area contributed by atoms with Crippen molar-refractivity contribution in [2.45, 2.75) is 13.3 Å². The number of ether oxygens (including phenoxy) is 1. The number of esters is 1. The molecule has 0 aliphatic rings. The summed E-state index contributed by atoms with van der Waals surface area (Å²) < 4.78 is 5.02. The van der Waals surface area contributed by atoms with Gasteiger partial charge in [-0.25, -0.2) is 4.79 Å². The van der Waals surface area contributed by atoms with Gasteiger partial charge < -0.3 is 9.84 Å². The number of hydrogen-bond acceptors (Lipinski definition) is 4. The zero-order chi connectivity index (χ0) is 18.2. The van der Waals surface area contributed by atoms with Gasteiger partial charge in [-0.3, -0.25) is 0 Å². The quantitative estimate of drug-likeness (QED) is 0.270. The first-order chi connectivity index (χ1) is 12.1. The summed E-state index contributed by atoms with van der Waals surface area (Å²) in [6, 6.07) is 13.7. The standard InChI is InChI=1S/C20H18N2O3/c1-3-9-14-10-5-6-11-15(14)18(22-21)19(23)16-12-7-8-13-17(16)20(24)25-4-2/h3,5-8,10-13H,1,4,9H2,2H3/p+1/b19-18+. The Bertz CT molecular complexity index is 863. The van der Waals surface area contributed by atoms with Crippen LogP contribution in [0, 0.1) is 5.39 Å². The second kappa shape index (κ2) is 8.46. The fourth-order valence-electron chi connectivity index (χ4n) is 2.52. The molecule has 0 bridgehead atoms. The normalized spacial score (nSPS) is 11.2. The van der Waals surface area contributed by atoms with Crippen LogP contribution >= 0.6 is 0 Å². The number of diazo groups is 1. The van der Waals surface area contributed by atoms with Crippen molar-refractivity contribution in [3.05, 3.63) is 88.4 Å². The Morgan fingerprint density at radius 1 is 1.16 bits per heavy atom. The fraction of sp³-hybridized carbons (Fsp3) is 0.150. The van der Waals surface area contributed by atoms with E-state index in [2.05, 4.69) is 11.6 Å². The molecule has 5 nitrogen and oxygen atoms in total. The monoisotopic (exact) mass is 335 g/mol. The Balaban J connectivity index is 2.64. The molecule has 2 aromatic rings. The highest BCUT2D eigenvalue weighted by Crippen LogP contribution is 2.30. The Labute approximate surface area is 146 Å². The first-order valence-corrected chi connectivity index (χ1v) is 7.88. The van der Waals surface area contributed by atoms with E-state index in [0.29, 0.717) is 12.0 Å². The Morgan fingerprint density at radius 3 is 2.36 bits per heavy atom. The van der Waals surface area contributed by atoms with Crippen LogP contribution in [0.4, 0.5) is 0 Å². The Hall–Kier alpha value is -3.39. The van der Waals surface area contributed by atoms with Crippen molar-refractivity contribution in [1.29, 1.82) is 5.39 Å². The Morgan fingerprint density at radius 2 is 1.76 bits per heavy atom. The van der Waals surface area contributed by atoms with Gasteiger partial charge in [-0.15, -0.1) is 6.58 Å². The van der Waals surface area contributed by atoms with Crippen molar-refractivity contribution >= 4 is 17.4 Å². The van der Waals surface area contributed by atoms with Gasteiger partial charge in [0.25, 0.3) is 0 Å². The molecule has 0 fully saturated rings. The molecule has 0 saturated heterocycles. The van der Waals surface area contributed by atoms with Gasteiger partial charge in [-0.2, -0.15) is 0 Å². The second-order valence-electron chi connectivity index (χ2n) is 5.21. The molecular formula is C20H19N2O3+. The number of aliphatic hydroxyl groups excluding tert-OH is 1. The average Bonchev–Trinajstić information content (AvgIpc) is 2.64.